The van der Waals surface area contributed by atoms with E-state index >= 15 is 0 Å². The Bertz CT molecular complexity index is 1340. The van der Waals surface area contributed by atoms with Crippen LogP contribution in [0.2, 0.25) is 0 Å². The fourth-order valence-electron chi connectivity index (χ4n) is 3.34. The van der Waals surface area contributed by atoms with Crippen LogP contribution in [0, 0.1) is 17.5 Å². The molecule has 0 aliphatic carbocycles. The lowest BCUT2D eigenvalue weighted by atomic mass is 9.96. The van der Waals surface area contributed by atoms with Gasteiger partial charge in [-0.1, -0.05) is 46.3 Å². The molecule has 3 aromatic carbocycles. The van der Waals surface area contributed by atoms with Gasteiger partial charge in [-0.15, -0.1) is 0 Å². The molecule has 0 bridgehead atoms. The molecule has 0 unspecified atom stereocenters. The van der Waals surface area contributed by atoms with Gasteiger partial charge < -0.3 is 9.84 Å². The van der Waals surface area contributed by atoms with Crippen LogP contribution in [0.3, 0.4) is 0 Å². The predicted molar refractivity (Wildman–Crippen MR) is 120 cm³/mol. The van der Waals surface area contributed by atoms with E-state index < -0.39 is 35.6 Å². The van der Waals surface area contributed by atoms with Crippen LogP contribution >= 0.6 is 15.9 Å². The van der Waals surface area contributed by atoms with Crippen LogP contribution < -0.4 is 4.74 Å². The van der Waals surface area contributed by atoms with E-state index in [1.54, 1.807) is 54.6 Å². The number of hydrogen-bond donors (Lipinski definition) is 1. The van der Waals surface area contributed by atoms with Gasteiger partial charge in [-0.05, 0) is 35.9 Å². The summed E-state index contributed by atoms with van der Waals surface area (Å²) < 4.78 is 47.8. The Balaban J connectivity index is 1.77. The van der Waals surface area contributed by atoms with E-state index in [4.69, 9.17) is 4.74 Å². The summed E-state index contributed by atoms with van der Waals surface area (Å²) in [6.07, 6.45) is 0. The zero-order chi connectivity index (χ0) is 23.5. The van der Waals surface area contributed by atoms with E-state index in [9.17, 15) is 23.1 Å². The second-order valence-corrected chi connectivity index (χ2v) is 7.95. The first-order chi connectivity index (χ1) is 15.8. The molecular formula is C25H15BrF3NO3. The highest BCUT2D eigenvalue weighted by molar-refractivity contribution is 9.10. The van der Waals surface area contributed by atoms with E-state index in [2.05, 4.69) is 20.9 Å². The van der Waals surface area contributed by atoms with Gasteiger partial charge >= 0.3 is 5.97 Å². The van der Waals surface area contributed by atoms with Crippen molar-refractivity contribution in [2.24, 2.45) is 0 Å². The fraction of sp³-hybridized carbons (Fsp3) is 0.0400. The van der Waals surface area contributed by atoms with Crippen molar-refractivity contribution in [3.05, 3.63) is 106 Å². The molecule has 33 heavy (non-hydrogen) atoms. The largest absolute Gasteiger partial charge is 0.488 e. The van der Waals surface area contributed by atoms with Gasteiger partial charge in [0.1, 0.15) is 35.5 Å². The van der Waals surface area contributed by atoms with Crippen LogP contribution in [-0.2, 0) is 6.61 Å². The van der Waals surface area contributed by atoms with E-state index in [-0.39, 0.29) is 5.69 Å². The molecule has 4 aromatic rings. The Kier molecular flexibility index (Phi) is 6.46. The summed E-state index contributed by atoms with van der Waals surface area (Å²) in [6, 6.07) is 18.2. The van der Waals surface area contributed by atoms with Gasteiger partial charge in [0.2, 0.25) is 0 Å². The van der Waals surface area contributed by atoms with Gasteiger partial charge in [0.25, 0.3) is 0 Å². The SMILES string of the molecule is O=C(O)c1cccc(-c2ccccc2-c2cc(Br)ccc2OCc2c(F)cc(F)cc2F)n1. The molecule has 0 spiro atoms. The standard InChI is InChI=1S/C25H15BrF3NO3/c26-14-8-9-24(33-13-19-20(28)11-15(27)12-21(19)29)18(10-14)16-4-1-2-5-17(16)22-6-3-7-23(30-22)25(31)32/h1-12H,13H2,(H,31,32). The van der Waals surface area contributed by atoms with Gasteiger partial charge in [-0.2, -0.15) is 0 Å². The zero-order valence-corrected chi connectivity index (χ0v) is 18.4. The molecule has 4 rings (SSSR count). The van der Waals surface area contributed by atoms with Crippen molar-refractivity contribution >= 4 is 21.9 Å². The van der Waals surface area contributed by atoms with Crippen molar-refractivity contribution in [2.75, 3.05) is 0 Å². The molecule has 0 saturated heterocycles. The highest BCUT2D eigenvalue weighted by Gasteiger charge is 2.17. The lowest BCUT2D eigenvalue weighted by molar-refractivity contribution is 0.0690. The third-order valence-corrected chi connectivity index (χ3v) is 5.37. The zero-order valence-electron chi connectivity index (χ0n) is 16.9. The number of aromatic carboxylic acids is 1. The molecule has 0 amide bonds. The van der Waals surface area contributed by atoms with Crippen LogP contribution in [0.4, 0.5) is 13.2 Å². The summed E-state index contributed by atoms with van der Waals surface area (Å²) >= 11 is 3.42. The van der Waals surface area contributed by atoms with Crippen LogP contribution in [0.25, 0.3) is 22.4 Å². The number of ether oxygens (including phenoxy) is 1. The third-order valence-electron chi connectivity index (χ3n) is 4.88. The van der Waals surface area contributed by atoms with Crippen LogP contribution in [0.1, 0.15) is 16.1 Å². The van der Waals surface area contributed by atoms with Gasteiger partial charge in [0, 0.05) is 27.7 Å². The van der Waals surface area contributed by atoms with Crippen molar-refractivity contribution in [3.63, 3.8) is 0 Å². The Morgan fingerprint density at radius 1 is 0.879 bits per heavy atom. The number of carbonyl (C=O) groups is 1. The molecule has 4 nitrogen and oxygen atoms in total. The first-order valence-corrected chi connectivity index (χ1v) is 10.5. The number of aromatic nitrogens is 1. The van der Waals surface area contributed by atoms with Gasteiger partial charge in [0.05, 0.1) is 11.3 Å². The third kappa shape index (κ3) is 4.90. The molecule has 1 N–H and O–H groups in total. The minimum Gasteiger partial charge on any atom is -0.488 e. The summed E-state index contributed by atoms with van der Waals surface area (Å²) in [4.78, 5) is 15.6. The van der Waals surface area contributed by atoms with Crippen molar-refractivity contribution in [2.45, 2.75) is 6.61 Å². The monoisotopic (exact) mass is 513 g/mol. The molecule has 0 fully saturated rings. The first-order valence-electron chi connectivity index (χ1n) is 9.69. The second-order valence-electron chi connectivity index (χ2n) is 7.04. The number of carboxylic acids is 1. The first kappa shape index (κ1) is 22.5. The average Bonchev–Trinajstić information content (AvgIpc) is 2.79. The maximum atomic E-state index is 14.1. The van der Waals surface area contributed by atoms with Crippen molar-refractivity contribution in [3.8, 4) is 28.1 Å². The number of carboxylic acid groups (broad SMARTS) is 1. The molecule has 8 heteroatoms. The summed E-state index contributed by atoms with van der Waals surface area (Å²) in [5.41, 5.74) is 1.84. The maximum Gasteiger partial charge on any atom is 0.354 e. The number of hydrogen-bond acceptors (Lipinski definition) is 3. The highest BCUT2D eigenvalue weighted by Crippen LogP contribution is 2.39. The number of pyridine rings is 1. The Morgan fingerprint density at radius 3 is 2.27 bits per heavy atom. The minimum atomic E-state index is -1.15. The van der Waals surface area contributed by atoms with Crippen LogP contribution in [-0.4, -0.2) is 16.1 Å². The molecule has 1 aromatic heterocycles. The van der Waals surface area contributed by atoms with Crippen molar-refractivity contribution in [1.82, 2.24) is 4.98 Å². The van der Waals surface area contributed by atoms with E-state index in [1.807, 2.05) is 0 Å². The minimum absolute atomic E-state index is 0.102. The summed E-state index contributed by atoms with van der Waals surface area (Å²) in [5.74, 6) is -3.92. The predicted octanol–water partition coefficient (Wildman–Crippen LogP) is 6.87. The van der Waals surface area contributed by atoms with Gasteiger partial charge in [-0.3, -0.25) is 0 Å². The quantitative estimate of drug-likeness (QED) is 0.305. The van der Waals surface area contributed by atoms with Crippen molar-refractivity contribution < 1.29 is 27.8 Å². The van der Waals surface area contributed by atoms with E-state index in [1.165, 1.54) is 6.07 Å². The number of rotatable bonds is 6. The Hall–Kier alpha value is -3.65. The van der Waals surface area contributed by atoms with Crippen LogP contribution in [0.15, 0.2) is 77.3 Å². The van der Waals surface area contributed by atoms with Crippen molar-refractivity contribution in [1.29, 1.82) is 0 Å². The highest BCUT2D eigenvalue weighted by atomic mass is 79.9. The Morgan fingerprint density at radius 2 is 1.58 bits per heavy atom. The smallest absolute Gasteiger partial charge is 0.354 e. The van der Waals surface area contributed by atoms with Gasteiger partial charge in [-0.25, -0.2) is 22.9 Å². The molecule has 0 aliphatic rings. The molecule has 166 valence electrons. The number of halogens is 4. The molecule has 0 aliphatic heterocycles. The normalized spacial score (nSPS) is 10.8. The fourth-order valence-corrected chi connectivity index (χ4v) is 3.70. The summed E-state index contributed by atoms with van der Waals surface area (Å²) in [7, 11) is 0. The molecule has 0 atom stereocenters. The second kappa shape index (κ2) is 9.46. The summed E-state index contributed by atoms with van der Waals surface area (Å²) in [6.45, 7) is -0.457. The number of benzene rings is 3. The lowest BCUT2D eigenvalue weighted by Crippen LogP contribution is -2.04. The number of nitrogens with zero attached hydrogens (tertiary/aromatic N) is 1. The molecule has 0 radical (unpaired) electrons. The maximum absolute atomic E-state index is 14.1. The average molecular weight is 514 g/mol. The topological polar surface area (TPSA) is 59.4 Å². The Labute approximate surface area is 195 Å². The molecular weight excluding hydrogens is 499 g/mol. The molecule has 1 heterocycles. The van der Waals surface area contributed by atoms with Gasteiger partial charge in [0.15, 0.2) is 0 Å². The summed E-state index contributed by atoms with van der Waals surface area (Å²) in [5, 5.41) is 9.29. The van der Waals surface area contributed by atoms with E-state index in [0.29, 0.717) is 40.3 Å². The van der Waals surface area contributed by atoms with E-state index in [0.717, 1.165) is 4.47 Å². The molecule has 0 saturated carbocycles. The lowest BCUT2D eigenvalue weighted by Gasteiger charge is -2.16. The van der Waals surface area contributed by atoms with Crippen LogP contribution in [0.5, 0.6) is 5.75 Å².